The third-order valence-electron chi connectivity index (χ3n) is 3.46. The first-order valence-corrected chi connectivity index (χ1v) is 6.11. The minimum Gasteiger partial charge on any atom is -0.391 e. The lowest BCUT2D eigenvalue weighted by atomic mass is 9.87. The van der Waals surface area contributed by atoms with Gasteiger partial charge in [0.15, 0.2) is 0 Å². The Hall–Kier alpha value is -1.35. The lowest BCUT2D eigenvalue weighted by Gasteiger charge is -2.35. The molecule has 94 valence electrons. The highest BCUT2D eigenvalue weighted by Gasteiger charge is 2.33. The van der Waals surface area contributed by atoms with Gasteiger partial charge in [-0.2, -0.15) is 0 Å². The molecule has 0 fully saturated rings. The van der Waals surface area contributed by atoms with Gasteiger partial charge < -0.3 is 10.4 Å². The topological polar surface area (TPSA) is 49.3 Å². The van der Waals surface area contributed by atoms with E-state index in [1.54, 1.807) is 19.1 Å². The molecule has 3 heteroatoms. The van der Waals surface area contributed by atoms with Gasteiger partial charge in [-0.15, -0.1) is 0 Å². The van der Waals surface area contributed by atoms with E-state index in [-0.39, 0.29) is 5.91 Å². The third kappa shape index (κ3) is 3.07. The molecule has 0 spiro atoms. The van der Waals surface area contributed by atoms with Crippen molar-refractivity contribution in [2.45, 2.75) is 45.3 Å². The molecule has 0 saturated carbocycles. The number of carbonyl (C=O) groups is 1. The highest BCUT2D eigenvalue weighted by molar-refractivity contribution is 5.94. The maximum absolute atomic E-state index is 12.1. The van der Waals surface area contributed by atoms with E-state index in [4.69, 9.17) is 0 Å². The van der Waals surface area contributed by atoms with E-state index in [1.165, 1.54) is 0 Å². The van der Waals surface area contributed by atoms with Crippen LogP contribution in [0.4, 0.5) is 0 Å². The van der Waals surface area contributed by atoms with E-state index in [0.717, 1.165) is 0 Å². The van der Waals surface area contributed by atoms with Crippen molar-refractivity contribution >= 4 is 5.91 Å². The standard InChI is InChI=1S/C14H21NO2/c1-4-14(5-2,11(3)16)15-13(17)12-9-7-6-8-10-12/h6-11,16H,4-5H2,1-3H3,(H,15,17). The van der Waals surface area contributed by atoms with Crippen molar-refractivity contribution in [3.63, 3.8) is 0 Å². The van der Waals surface area contributed by atoms with Crippen molar-refractivity contribution in [2.24, 2.45) is 0 Å². The summed E-state index contributed by atoms with van der Waals surface area (Å²) in [5.41, 5.74) is 0.0897. The van der Waals surface area contributed by atoms with E-state index < -0.39 is 11.6 Å². The molecule has 0 heterocycles. The largest absolute Gasteiger partial charge is 0.391 e. The first-order chi connectivity index (χ1) is 8.05. The molecule has 1 aromatic rings. The molecule has 1 unspecified atom stereocenters. The fourth-order valence-electron chi connectivity index (χ4n) is 2.01. The summed E-state index contributed by atoms with van der Waals surface area (Å²) in [5, 5.41) is 12.8. The summed E-state index contributed by atoms with van der Waals surface area (Å²) >= 11 is 0. The smallest absolute Gasteiger partial charge is 0.251 e. The van der Waals surface area contributed by atoms with Crippen LogP contribution in [0.15, 0.2) is 30.3 Å². The fraction of sp³-hybridized carbons (Fsp3) is 0.500. The van der Waals surface area contributed by atoms with Crippen molar-refractivity contribution in [3.8, 4) is 0 Å². The van der Waals surface area contributed by atoms with E-state index in [2.05, 4.69) is 5.32 Å². The summed E-state index contributed by atoms with van der Waals surface area (Å²) in [6.07, 6.45) is 0.851. The van der Waals surface area contributed by atoms with E-state index in [9.17, 15) is 9.90 Å². The van der Waals surface area contributed by atoms with Crippen molar-refractivity contribution in [2.75, 3.05) is 0 Å². The van der Waals surface area contributed by atoms with E-state index in [0.29, 0.717) is 18.4 Å². The molecule has 0 aromatic heterocycles. The van der Waals surface area contributed by atoms with Gasteiger partial charge in [0.05, 0.1) is 11.6 Å². The zero-order chi connectivity index (χ0) is 12.9. The molecule has 17 heavy (non-hydrogen) atoms. The van der Waals surface area contributed by atoms with Gasteiger partial charge in [-0.3, -0.25) is 4.79 Å². The molecular formula is C14H21NO2. The zero-order valence-electron chi connectivity index (χ0n) is 10.7. The van der Waals surface area contributed by atoms with Crippen LogP contribution >= 0.6 is 0 Å². The van der Waals surface area contributed by atoms with Gasteiger partial charge in [0.1, 0.15) is 0 Å². The van der Waals surface area contributed by atoms with Crippen LogP contribution < -0.4 is 5.32 Å². The quantitative estimate of drug-likeness (QED) is 0.823. The van der Waals surface area contributed by atoms with Crippen molar-refractivity contribution in [1.82, 2.24) is 5.32 Å². The van der Waals surface area contributed by atoms with E-state index in [1.807, 2.05) is 32.0 Å². The summed E-state index contributed by atoms with van der Waals surface area (Å²) in [6, 6.07) is 9.08. The summed E-state index contributed by atoms with van der Waals surface area (Å²) in [4.78, 5) is 12.1. The predicted octanol–water partition coefficient (Wildman–Crippen LogP) is 2.36. The maximum atomic E-state index is 12.1. The van der Waals surface area contributed by atoms with Crippen LogP contribution in [0.1, 0.15) is 44.0 Å². The summed E-state index contributed by atoms with van der Waals surface area (Å²) in [5.74, 6) is -0.129. The SMILES string of the molecule is CCC(CC)(NC(=O)c1ccccc1)C(C)O. The number of amides is 1. The Bertz CT molecular complexity index is 356. The number of aliphatic hydroxyl groups is 1. The van der Waals surface area contributed by atoms with Gasteiger partial charge >= 0.3 is 0 Å². The Labute approximate surface area is 103 Å². The first-order valence-electron chi connectivity index (χ1n) is 6.11. The Kier molecular flexibility index (Phi) is 4.70. The Morgan fingerprint density at radius 1 is 1.29 bits per heavy atom. The summed E-state index contributed by atoms with van der Waals surface area (Å²) in [7, 11) is 0. The molecule has 0 aliphatic heterocycles. The first kappa shape index (κ1) is 13.7. The van der Waals surface area contributed by atoms with Crippen LogP contribution in [0.5, 0.6) is 0 Å². The number of benzene rings is 1. The molecular weight excluding hydrogens is 214 g/mol. The average molecular weight is 235 g/mol. The van der Waals surface area contributed by atoms with Crippen LogP contribution in [-0.4, -0.2) is 22.7 Å². The van der Waals surface area contributed by atoms with Gasteiger partial charge in [-0.25, -0.2) is 0 Å². The van der Waals surface area contributed by atoms with Gasteiger partial charge in [-0.05, 0) is 31.9 Å². The van der Waals surface area contributed by atoms with Crippen molar-refractivity contribution < 1.29 is 9.90 Å². The molecule has 1 atom stereocenters. The molecule has 0 bridgehead atoms. The number of aliphatic hydroxyl groups excluding tert-OH is 1. The molecule has 1 rings (SSSR count). The second-order valence-electron chi connectivity index (χ2n) is 4.36. The molecule has 2 N–H and O–H groups in total. The molecule has 0 saturated heterocycles. The summed E-state index contributed by atoms with van der Waals surface area (Å²) in [6.45, 7) is 5.67. The highest BCUT2D eigenvalue weighted by atomic mass is 16.3. The number of hydrogen-bond acceptors (Lipinski definition) is 2. The Morgan fingerprint density at radius 3 is 2.24 bits per heavy atom. The van der Waals surface area contributed by atoms with Gasteiger partial charge in [-0.1, -0.05) is 32.0 Å². The fourth-order valence-corrected chi connectivity index (χ4v) is 2.01. The number of nitrogens with one attached hydrogen (secondary N) is 1. The monoisotopic (exact) mass is 235 g/mol. The molecule has 1 amide bonds. The van der Waals surface area contributed by atoms with Gasteiger partial charge in [0.25, 0.3) is 5.91 Å². The van der Waals surface area contributed by atoms with Crippen LogP contribution in [0.25, 0.3) is 0 Å². The second kappa shape index (κ2) is 5.82. The maximum Gasteiger partial charge on any atom is 0.251 e. The lowest BCUT2D eigenvalue weighted by molar-refractivity contribution is 0.0548. The third-order valence-corrected chi connectivity index (χ3v) is 3.46. The summed E-state index contributed by atoms with van der Waals surface area (Å²) < 4.78 is 0. The minimum absolute atomic E-state index is 0.129. The van der Waals surface area contributed by atoms with Crippen molar-refractivity contribution in [1.29, 1.82) is 0 Å². The minimum atomic E-state index is -0.565. The molecule has 1 aromatic carbocycles. The zero-order valence-corrected chi connectivity index (χ0v) is 10.7. The lowest BCUT2D eigenvalue weighted by Crippen LogP contribution is -2.54. The van der Waals surface area contributed by atoms with E-state index >= 15 is 0 Å². The van der Waals surface area contributed by atoms with Crippen LogP contribution in [0.3, 0.4) is 0 Å². The molecule has 0 aliphatic carbocycles. The van der Waals surface area contributed by atoms with Crippen molar-refractivity contribution in [3.05, 3.63) is 35.9 Å². The molecule has 0 radical (unpaired) electrons. The van der Waals surface area contributed by atoms with Crippen LogP contribution in [0.2, 0.25) is 0 Å². The number of hydrogen-bond donors (Lipinski definition) is 2. The Balaban J connectivity index is 2.85. The second-order valence-corrected chi connectivity index (χ2v) is 4.36. The molecule has 0 aliphatic rings. The van der Waals surface area contributed by atoms with Gasteiger partial charge in [0, 0.05) is 5.56 Å². The highest BCUT2D eigenvalue weighted by Crippen LogP contribution is 2.20. The van der Waals surface area contributed by atoms with Gasteiger partial charge in [0.2, 0.25) is 0 Å². The van der Waals surface area contributed by atoms with Crippen LogP contribution in [-0.2, 0) is 0 Å². The van der Waals surface area contributed by atoms with Crippen LogP contribution in [0, 0.1) is 0 Å². The number of rotatable bonds is 5. The average Bonchev–Trinajstić information content (AvgIpc) is 2.36. The predicted molar refractivity (Wildman–Crippen MR) is 68.9 cm³/mol. The normalized spacial score (nSPS) is 13.2. The molecule has 3 nitrogen and oxygen atoms in total. The Morgan fingerprint density at radius 2 is 1.82 bits per heavy atom. The number of carbonyl (C=O) groups excluding carboxylic acids is 1.